The fourth-order valence-corrected chi connectivity index (χ4v) is 5.00. The van der Waals surface area contributed by atoms with Crippen LogP contribution in [0.4, 0.5) is 10.2 Å². The number of nitrogen functional groups attached to an aromatic ring is 1. The molecule has 1 saturated heterocycles. The van der Waals surface area contributed by atoms with E-state index in [2.05, 4.69) is 4.98 Å². The molecule has 0 aliphatic carbocycles. The molecule has 10 nitrogen and oxygen atoms in total. The molecule has 2 aliphatic rings. The number of hydrogen-bond donors (Lipinski definition) is 2. The third kappa shape index (κ3) is 3.88. The van der Waals surface area contributed by atoms with Crippen molar-refractivity contribution in [2.45, 2.75) is 51.0 Å². The topological polar surface area (TPSA) is 135 Å². The van der Waals surface area contributed by atoms with Crippen molar-refractivity contribution in [2.24, 2.45) is 0 Å². The average Bonchev–Trinajstić information content (AvgIpc) is 2.99. The molecule has 1 fully saturated rings. The number of phosphoric ester groups is 1. The molecule has 168 valence electrons. The molecule has 4 rings (SSSR count). The first-order valence-corrected chi connectivity index (χ1v) is 11.2. The van der Waals surface area contributed by atoms with E-state index < -0.39 is 44.2 Å². The molecular weight excluding hydrogens is 432 g/mol. The number of aromatic nitrogens is 2. The number of ether oxygens (including phenoxy) is 1. The van der Waals surface area contributed by atoms with Crippen LogP contribution >= 0.6 is 7.82 Å². The van der Waals surface area contributed by atoms with Crippen LogP contribution in [-0.4, -0.2) is 39.1 Å². The molecule has 3 heterocycles. The van der Waals surface area contributed by atoms with Crippen molar-refractivity contribution in [1.82, 2.24) is 9.55 Å². The minimum absolute atomic E-state index is 0.0116. The fraction of sp³-hybridized carbons (Fsp3) is 0.474. The molecule has 0 spiro atoms. The first-order chi connectivity index (χ1) is 14.7. The Balaban J connectivity index is 1.55. The summed E-state index contributed by atoms with van der Waals surface area (Å²) in [6.07, 6.45) is -3.77. The minimum atomic E-state index is -4.05. The maximum absolute atomic E-state index is 15.0. The molecule has 3 N–H and O–H groups in total. The number of rotatable bonds is 5. The largest absolute Gasteiger partial charge is 0.530 e. The summed E-state index contributed by atoms with van der Waals surface area (Å²) < 4.78 is 50.9. The van der Waals surface area contributed by atoms with Gasteiger partial charge < -0.3 is 20.1 Å². The van der Waals surface area contributed by atoms with Crippen LogP contribution in [0.5, 0.6) is 5.75 Å². The van der Waals surface area contributed by atoms with Gasteiger partial charge in [0.2, 0.25) is 0 Å². The molecule has 0 saturated carbocycles. The first-order valence-electron chi connectivity index (χ1n) is 9.70. The predicted octanol–water partition coefficient (Wildman–Crippen LogP) is 2.24. The van der Waals surface area contributed by atoms with Gasteiger partial charge >= 0.3 is 13.5 Å². The molecule has 0 bridgehead atoms. The Hall–Kier alpha value is -2.30. The van der Waals surface area contributed by atoms with Crippen LogP contribution < -0.4 is 15.9 Å². The van der Waals surface area contributed by atoms with Gasteiger partial charge in [0.1, 0.15) is 23.3 Å². The van der Waals surface area contributed by atoms with E-state index in [0.29, 0.717) is 5.75 Å². The van der Waals surface area contributed by atoms with Gasteiger partial charge in [-0.15, -0.1) is 0 Å². The number of halogens is 1. The number of para-hydroxylation sites is 1. The minimum Gasteiger partial charge on any atom is -0.403 e. The van der Waals surface area contributed by atoms with Crippen molar-refractivity contribution in [1.29, 1.82) is 0 Å². The molecule has 1 unspecified atom stereocenters. The lowest BCUT2D eigenvalue weighted by Gasteiger charge is -2.33. The Bertz CT molecular complexity index is 1100. The van der Waals surface area contributed by atoms with Gasteiger partial charge in [0, 0.05) is 11.8 Å². The predicted molar refractivity (Wildman–Crippen MR) is 107 cm³/mol. The van der Waals surface area contributed by atoms with Crippen molar-refractivity contribution in [3.63, 3.8) is 0 Å². The van der Waals surface area contributed by atoms with E-state index in [9.17, 15) is 18.9 Å². The lowest BCUT2D eigenvalue weighted by Crippen LogP contribution is -2.45. The van der Waals surface area contributed by atoms with Crippen LogP contribution in [-0.2, 0) is 25.0 Å². The Labute approximate surface area is 177 Å². The number of fused-ring (bicyclic) bond motifs is 1. The van der Waals surface area contributed by atoms with Gasteiger partial charge in [-0.2, -0.15) is 4.98 Å². The van der Waals surface area contributed by atoms with Crippen molar-refractivity contribution < 1.29 is 32.4 Å². The molecule has 31 heavy (non-hydrogen) atoms. The molecule has 12 heteroatoms. The zero-order valence-corrected chi connectivity index (χ0v) is 17.8. The molecule has 2 aromatic rings. The summed E-state index contributed by atoms with van der Waals surface area (Å²) in [5, 5.41) is 10.6. The molecule has 0 radical (unpaired) electrons. The van der Waals surface area contributed by atoms with Crippen LogP contribution in [0, 0.1) is 6.92 Å². The van der Waals surface area contributed by atoms with E-state index in [4.69, 9.17) is 24.0 Å². The van der Waals surface area contributed by atoms with Crippen LogP contribution in [0.2, 0.25) is 0 Å². The highest BCUT2D eigenvalue weighted by molar-refractivity contribution is 7.49. The maximum atomic E-state index is 15.0. The van der Waals surface area contributed by atoms with Crippen LogP contribution in [0.25, 0.3) is 0 Å². The number of aryl methyl sites for hydroxylation is 1. The number of hydrogen-bond acceptors (Lipinski definition) is 9. The van der Waals surface area contributed by atoms with Crippen molar-refractivity contribution >= 4 is 13.6 Å². The highest BCUT2D eigenvalue weighted by Gasteiger charge is 2.56. The number of aliphatic hydroxyl groups is 1. The van der Waals surface area contributed by atoms with Crippen LogP contribution in [0.1, 0.15) is 30.7 Å². The number of phosphoric acid groups is 1. The highest BCUT2D eigenvalue weighted by Crippen LogP contribution is 2.56. The summed E-state index contributed by atoms with van der Waals surface area (Å²) in [7, 11) is -4.05. The van der Waals surface area contributed by atoms with Gasteiger partial charge in [-0.3, -0.25) is 13.6 Å². The molecule has 1 aromatic carbocycles. The summed E-state index contributed by atoms with van der Waals surface area (Å²) in [5.41, 5.74) is 4.52. The number of anilines is 1. The Kier molecular flexibility index (Phi) is 5.65. The van der Waals surface area contributed by atoms with Gasteiger partial charge in [-0.05, 0) is 25.0 Å². The third-order valence-corrected chi connectivity index (χ3v) is 6.83. The molecular formula is C19H23FN3O7P. The number of nitrogens with two attached hydrogens (primary N) is 1. The average molecular weight is 455 g/mol. The fourth-order valence-electron chi connectivity index (χ4n) is 3.66. The van der Waals surface area contributed by atoms with Crippen molar-refractivity contribution in [3.8, 4) is 5.75 Å². The van der Waals surface area contributed by atoms with Crippen LogP contribution in [0.3, 0.4) is 0 Å². The SMILES string of the molecule is CC[C@]1(COP2(=O)OCc3cccc(C)c3O2)O[C@@H](n2ccc(N)nc2=O)[C@H](F)[C@@H]1O. The standard InChI is InChI=1S/C19H23FN3O7P/c1-3-19(10-28-31(26)27-9-12-6-4-5-11(2)15(12)30-31)16(24)14(20)17(29-19)23-8-7-13(21)22-18(23)25/h4-8,14,16-17,24H,3,9-10H2,1-2H3,(H2,21,22,25)/t14-,16+,17-,19-,31?/m1/s1. The number of aliphatic hydroxyl groups excluding tert-OH is 1. The summed E-state index contributed by atoms with van der Waals surface area (Å²) in [4.78, 5) is 15.7. The Morgan fingerprint density at radius 2 is 2.23 bits per heavy atom. The highest BCUT2D eigenvalue weighted by atomic mass is 31.2. The van der Waals surface area contributed by atoms with E-state index in [1.807, 2.05) is 6.07 Å². The smallest absolute Gasteiger partial charge is 0.403 e. The maximum Gasteiger partial charge on any atom is 0.530 e. The third-order valence-electron chi connectivity index (χ3n) is 5.53. The second-order valence-electron chi connectivity index (χ2n) is 7.51. The first kappa shape index (κ1) is 21.9. The zero-order chi connectivity index (χ0) is 22.4. The number of benzene rings is 1. The molecule has 5 atom stereocenters. The van der Waals surface area contributed by atoms with E-state index in [1.54, 1.807) is 26.0 Å². The van der Waals surface area contributed by atoms with Gasteiger partial charge in [-0.25, -0.2) is 13.8 Å². The molecule has 1 aromatic heterocycles. The summed E-state index contributed by atoms with van der Waals surface area (Å²) in [6, 6.07) is 6.71. The Morgan fingerprint density at radius 1 is 1.45 bits per heavy atom. The monoisotopic (exact) mass is 455 g/mol. The molecule has 2 aliphatic heterocycles. The van der Waals surface area contributed by atoms with E-state index >= 15 is 0 Å². The second-order valence-corrected chi connectivity index (χ2v) is 9.10. The lowest BCUT2D eigenvalue weighted by molar-refractivity contribution is -0.129. The van der Waals surface area contributed by atoms with E-state index in [1.165, 1.54) is 12.3 Å². The molecule has 0 amide bonds. The summed E-state index contributed by atoms with van der Waals surface area (Å²) >= 11 is 0. The van der Waals surface area contributed by atoms with Gasteiger partial charge in [0.25, 0.3) is 0 Å². The van der Waals surface area contributed by atoms with E-state index in [0.717, 1.165) is 15.7 Å². The van der Waals surface area contributed by atoms with Gasteiger partial charge in [0.15, 0.2) is 12.4 Å². The lowest BCUT2D eigenvalue weighted by atomic mass is 9.94. The van der Waals surface area contributed by atoms with Crippen molar-refractivity contribution in [2.75, 3.05) is 12.3 Å². The Morgan fingerprint density at radius 3 is 2.94 bits per heavy atom. The van der Waals surface area contributed by atoms with Gasteiger partial charge in [-0.1, -0.05) is 25.1 Å². The second kappa shape index (κ2) is 7.99. The normalized spacial score (nSPS) is 32.5. The zero-order valence-electron chi connectivity index (χ0n) is 16.9. The summed E-state index contributed by atoms with van der Waals surface area (Å²) in [5.74, 6) is 0.372. The number of nitrogens with zero attached hydrogens (tertiary/aromatic N) is 2. The summed E-state index contributed by atoms with van der Waals surface area (Å²) in [6.45, 7) is 2.96. The van der Waals surface area contributed by atoms with E-state index in [-0.39, 0.29) is 18.8 Å². The van der Waals surface area contributed by atoms with Gasteiger partial charge in [0.05, 0.1) is 13.2 Å². The van der Waals surface area contributed by atoms with Crippen molar-refractivity contribution in [3.05, 3.63) is 52.1 Å². The quantitative estimate of drug-likeness (QED) is 0.651. The van der Waals surface area contributed by atoms with Crippen LogP contribution in [0.15, 0.2) is 35.3 Å². The number of alkyl halides is 1.